The zero-order valence-corrected chi connectivity index (χ0v) is 10.4. The number of piperidine rings is 1. The largest absolute Gasteiger partial charge is 0.480 e. The quantitative estimate of drug-likeness (QED) is 0.724. The molecule has 1 rings (SSSR count). The lowest BCUT2D eigenvalue weighted by molar-refractivity contribution is -0.140. The molecular weight excluding hydrogens is 220 g/mol. The number of carbonyl (C=O) groups excluding carboxylic acids is 1. The van der Waals surface area contributed by atoms with E-state index in [1.807, 2.05) is 11.8 Å². The van der Waals surface area contributed by atoms with Gasteiger partial charge in [-0.05, 0) is 25.7 Å². The molecule has 0 saturated carbocycles. The third kappa shape index (κ3) is 4.73. The van der Waals surface area contributed by atoms with E-state index in [1.165, 1.54) is 6.42 Å². The van der Waals surface area contributed by atoms with Crippen molar-refractivity contribution in [2.75, 3.05) is 19.6 Å². The molecule has 1 unspecified atom stereocenters. The summed E-state index contributed by atoms with van der Waals surface area (Å²) in [6.45, 7) is 3.97. The summed E-state index contributed by atoms with van der Waals surface area (Å²) in [5.74, 6) is -0.713. The van der Waals surface area contributed by atoms with Crippen LogP contribution in [0.1, 0.15) is 39.0 Å². The van der Waals surface area contributed by atoms with Crippen LogP contribution in [0.3, 0.4) is 0 Å². The van der Waals surface area contributed by atoms with Gasteiger partial charge in [0.05, 0.1) is 0 Å². The molecule has 0 aromatic rings. The predicted octanol–water partition coefficient (Wildman–Crippen LogP) is 0.842. The van der Waals surface area contributed by atoms with Gasteiger partial charge in [0.15, 0.2) is 0 Å². The molecule has 1 fully saturated rings. The molecule has 1 heterocycles. The number of carbonyl (C=O) groups is 2. The van der Waals surface area contributed by atoms with E-state index in [0.717, 1.165) is 25.9 Å². The number of amides is 1. The Morgan fingerprint density at radius 3 is 2.47 bits per heavy atom. The van der Waals surface area contributed by atoms with Crippen molar-refractivity contribution in [1.29, 1.82) is 0 Å². The second-order valence-electron chi connectivity index (χ2n) is 4.44. The van der Waals surface area contributed by atoms with Crippen molar-refractivity contribution >= 4 is 11.9 Å². The number of nitrogens with zero attached hydrogens (tertiary/aromatic N) is 1. The molecule has 0 spiro atoms. The first kappa shape index (κ1) is 14.0. The molecule has 1 saturated heterocycles. The van der Waals surface area contributed by atoms with Gasteiger partial charge >= 0.3 is 5.97 Å². The van der Waals surface area contributed by atoms with E-state index < -0.39 is 12.0 Å². The molecule has 17 heavy (non-hydrogen) atoms. The average molecular weight is 242 g/mol. The predicted molar refractivity (Wildman–Crippen MR) is 64.8 cm³/mol. The van der Waals surface area contributed by atoms with E-state index >= 15 is 0 Å². The van der Waals surface area contributed by atoms with Crippen molar-refractivity contribution in [2.45, 2.75) is 45.1 Å². The second kappa shape index (κ2) is 7.27. The number of nitrogens with one attached hydrogen (secondary N) is 1. The van der Waals surface area contributed by atoms with Crippen LogP contribution in [0.15, 0.2) is 0 Å². The average Bonchev–Trinajstić information content (AvgIpc) is 2.35. The summed E-state index contributed by atoms with van der Waals surface area (Å²) < 4.78 is 0. The molecule has 1 aliphatic heterocycles. The van der Waals surface area contributed by atoms with E-state index in [-0.39, 0.29) is 5.91 Å². The van der Waals surface area contributed by atoms with Crippen molar-refractivity contribution in [2.24, 2.45) is 0 Å². The van der Waals surface area contributed by atoms with Crippen molar-refractivity contribution in [3.8, 4) is 0 Å². The summed E-state index contributed by atoms with van der Waals surface area (Å²) in [7, 11) is 0. The zero-order valence-electron chi connectivity index (χ0n) is 10.4. The van der Waals surface area contributed by atoms with Gasteiger partial charge in [-0.1, -0.05) is 6.92 Å². The maximum atomic E-state index is 11.8. The monoisotopic (exact) mass is 242 g/mol. The third-order valence-electron chi connectivity index (χ3n) is 3.14. The van der Waals surface area contributed by atoms with Crippen molar-refractivity contribution in [3.63, 3.8) is 0 Å². The van der Waals surface area contributed by atoms with Gasteiger partial charge in [0, 0.05) is 26.1 Å². The van der Waals surface area contributed by atoms with Gasteiger partial charge in [-0.2, -0.15) is 0 Å². The van der Waals surface area contributed by atoms with Crippen LogP contribution < -0.4 is 5.32 Å². The fourth-order valence-electron chi connectivity index (χ4n) is 2.06. The number of rotatable bonds is 6. The van der Waals surface area contributed by atoms with Crippen molar-refractivity contribution in [1.82, 2.24) is 10.2 Å². The molecule has 2 N–H and O–H groups in total. The summed E-state index contributed by atoms with van der Waals surface area (Å²) in [5.41, 5.74) is 0. The Kier molecular flexibility index (Phi) is 5.97. The first-order valence-electron chi connectivity index (χ1n) is 6.39. The number of aliphatic carboxylic acids is 1. The molecule has 1 aliphatic rings. The Bertz CT molecular complexity index is 262. The molecule has 1 atom stereocenters. The highest BCUT2D eigenvalue weighted by molar-refractivity contribution is 5.77. The van der Waals surface area contributed by atoms with Crippen molar-refractivity contribution in [3.05, 3.63) is 0 Å². The van der Waals surface area contributed by atoms with Crippen LogP contribution in [0.2, 0.25) is 0 Å². The summed E-state index contributed by atoms with van der Waals surface area (Å²) in [6, 6.07) is -0.538. The van der Waals surface area contributed by atoms with Crippen LogP contribution in [0.5, 0.6) is 0 Å². The molecule has 5 nitrogen and oxygen atoms in total. The molecule has 0 bridgehead atoms. The maximum Gasteiger partial charge on any atom is 0.320 e. The lowest BCUT2D eigenvalue weighted by Gasteiger charge is -2.27. The molecule has 1 amide bonds. The summed E-state index contributed by atoms with van der Waals surface area (Å²) in [4.78, 5) is 24.4. The first-order chi connectivity index (χ1) is 8.15. The fourth-order valence-corrected chi connectivity index (χ4v) is 2.06. The van der Waals surface area contributed by atoms with E-state index in [2.05, 4.69) is 5.32 Å². The van der Waals surface area contributed by atoms with E-state index in [1.54, 1.807) is 0 Å². The minimum Gasteiger partial charge on any atom is -0.480 e. The van der Waals surface area contributed by atoms with Crippen LogP contribution >= 0.6 is 0 Å². The molecule has 5 heteroatoms. The third-order valence-corrected chi connectivity index (χ3v) is 3.14. The Labute approximate surface area is 102 Å². The Morgan fingerprint density at radius 1 is 1.29 bits per heavy atom. The van der Waals surface area contributed by atoms with Crippen LogP contribution in [0.25, 0.3) is 0 Å². The minimum atomic E-state index is -0.849. The van der Waals surface area contributed by atoms with Crippen LogP contribution in [-0.2, 0) is 9.59 Å². The van der Waals surface area contributed by atoms with Crippen molar-refractivity contribution < 1.29 is 14.7 Å². The highest BCUT2D eigenvalue weighted by atomic mass is 16.4. The SMILES string of the molecule is CCC(NCCC(=O)N1CCCCC1)C(=O)O. The number of carboxylic acids is 1. The van der Waals surface area contributed by atoms with Gasteiger partial charge in [0.1, 0.15) is 6.04 Å². The van der Waals surface area contributed by atoms with Gasteiger partial charge in [-0.15, -0.1) is 0 Å². The zero-order chi connectivity index (χ0) is 12.7. The molecule has 0 aliphatic carbocycles. The maximum absolute atomic E-state index is 11.8. The van der Waals surface area contributed by atoms with Gasteiger partial charge in [-0.25, -0.2) is 0 Å². The fraction of sp³-hybridized carbons (Fsp3) is 0.833. The van der Waals surface area contributed by atoms with Gasteiger partial charge in [-0.3, -0.25) is 9.59 Å². The highest BCUT2D eigenvalue weighted by Gasteiger charge is 2.18. The van der Waals surface area contributed by atoms with Crippen LogP contribution in [-0.4, -0.2) is 47.6 Å². The lowest BCUT2D eigenvalue weighted by atomic mass is 10.1. The summed E-state index contributed by atoms with van der Waals surface area (Å²) in [6.07, 6.45) is 4.31. The molecule has 0 aromatic heterocycles. The molecule has 0 radical (unpaired) electrons. The van der Waals surface area contributed by atoms with Crippen LogP contribution in [0.4, 0.5) is 0 Å². The highest BCUT2D eigenvalue weighted by Crippen LogP contribution is 2.09. The Morgan fingerprint density at radius 2 is 1.94 bits per heavy atom. The van der Waals surface area contributed by atoms with E-state index in [9.17, 15) is 9.59 Å². The lowest BCUT2D eigenvalue weighted by Crippen LogP contribution is -2.40. The minimum absolute atomic E-state index is 0.137. The normalized spacial score (nSPS) is 17.8. The standard InChI is InChI=1S/C12H22N2O3/c1-2-10(12(16)17)13-7-6-11(15)14-8-4-3-5-9-14/h10,13H,2-9H2,1H3,(H,16,17). The van der Waals surface area contributed by atoms with Crippen LogP contribution in [0, 0.1) is 0 Å². The number of carboxylic acid groups (broad SMARTS) is 1. The summed E-state index contributed by atoms with van der Waals surface area (Å²) >= 11 is 0. The van der Waals surface area contributed by atoms with E-state index in [0.29, 0.717) is 19.4 Å². The number of likely N-dealkylation sites (tertiary alicyclic amines) is 1. The smallest absolute Gasteiger partial charge is 0.320 e. The topological polar surface area (TPSA) is 69.6 Å². The number of hydrogen-bond donors (Lipinski definition) is 2. The molecule has 0 aromatic carbocycles. The second-order valence-corrected chi connectivity index (χ2v) is 4.44. The number of hydrogen-bond acceptors (Lipinski definition) is 3. The molecular formula is C12H22N2O3. The van der Waals surface area contributed by atoms with Gasteiger partial charge < -0.3 is 15.3 Å². The molecule has 98 valence electrons. The first-order valence-corrected chi connectivity index (χ1v) is 6.39. The van der Waals surface area contributed by atoms with Gasteiger partial charge in [0.2, 0.25) is 5.91 Å². The Hall–Kier alpha value is -1.10. The van der Waals surface area contributed by atoms with Gasteiger partial charge in [0.25, 0.3) is 0 Å². The Balaban J connectivity index is 2.20. The summed E-state index contributed by atoms with van der Waals surface area (Å²) in [5, 5.41) is 11.7. The van der Waals surface area contributed by atoms with E-state index in [4.69, 9.17) is 5.11 Å².